The molecule has 0 saturated carbocycles. The van der Waals surface area contributed by atoms with Gasteiger partial charge in [0.2, 0.25) is 11.8 Å². The van der Waals surface area contributed by atoms with E-state index in [1.54, 1.807) is 4.90 Å². The zero-order valence-corrected chi connectivity index (χ0v) is 12.8. The van der Waals surface area contributed by atoms with E-state index in [1.807, 2.05) is 45.0 Å². The topological polar surface area (TPSA) is 49.4 Å². The van der Waals surface area contributed by atoms with Gasteiger partial charge in [-0.2, -0.15) is 0 Å². The van der Waals surface area contributed by atoms with Crippen LogP contribution in [0.1, 0.15) is 38.3 Å². The molecule has 4 nitrogen and oxygen atoms in total. The minimum Gasteiger partial charge on any atom is -0.352 e. The number of aryl methyl sites for hydroxylation is 1. The normalized spacial score (nSPS) is 11.8. The predicted molar refractivity (Wildman–Crippen MR) is 80.2 cm³/mol. The standard InChI is InChI=1S/C16H24N2O2/c1-5-13(3)17-16(20)11-18(14(4)19)10-15-9-7-6-8-12(15)2/h6-9,13H,5,10-11H2,1-4H3,(H,17,20). The Labute approximate surface area is 121 Å². The lowest BCUT2D eigenvalue weighted by Crippen LogP contribution is -2.42. The van der Waals surface area contributed by atoms with Crippen LogP contribution in [0, 0.1) is 6.92 Å². The van der Waals surface area contributed by atoms with Crippen molar-refractivity contribution in [3.8, 4) is 0 Å². The Hall–Kier alpha value is -1.84. The number of nitrogens with zero attached hydrogens (tertiary/aromatic N) is 1. The molecule has 4 heteroatoms. The van der Waals surface area contributed by atoms with Gasteiger partial charge in [-0.15, -0.1) is 0 Å². The van der Waals surface area contributed by atoms with Crippen molar-refractivity contribution in [1.29, 1.82) is 0 Å². The molecule has 0 bridgehead atoms. The Morgan fingerprint density at radius 3 is 2.50 bits per heavy atom. The molecular formula is C16H24N2O2. The Morgan fingerprint density at radius 1 is 1.30 bits per heavy atom. The summed E-state index contributed by atoms with van der Waals surface area (Å²) in [5.41, 5.74) is 2.19. The summed E-state index contributed by atoms with van der Waals surface area (Å²) in [5.74, 6) is -0.198. The van der Waals surface area contributed by atoms with Crippen LogP contribution in [0.4, 0.5) is 0 Å². The van der Waals surface area contributed by atoms with Crippen LogP contribution in [0.25, 0.3) is 0 Å². The van der Waals surface area contributed by atoms with Gasteiger partial charge in [0.25, 0.3) is 0 Å². The highest BCUT2D eigenvalue weighted by molar-refractivity contribution is 5.83. The average molecular weight is 276 g/mol. The quantitative estimate of drug-likeness (QED) is 0.866. The van der Waals surface area contributed by atoms with Gasteiger partial charge < -0.3 is 10.2 Å². The number of carbonyl (C=O) groups excluding carboxylic acids is 2. The third kappa shape index (κ3) is 5.03. The molecule has 1 aromatic carbocycles. The summed E-state index contributed by atoms with van der Waals surface area (Å²) in [7, 11) is 0. The minimum absolute atomic E-state index is 0.0902. The van der Waals surface area contributed by atoms with E-state index >= 15 is 0 Å². The largest absolute Gasteiger partial charge is 0.352 e. The zero-order chi connectivity index (χ0) is 15.1. The fourth-order valence-electron chi connectivity index (χ4n) is 1.87. The van der Waals surface area contributed by atoms with Crippen LogP contribution in [0.15, 0.2) is 24.3 Å². The summed E-state index contributed by atoms with van der Waals surface area (Å²) in [4.78, 5) is 25.2. The Balaban J connectivity index is 2.68. The molecule has 1 rings (SSSR count). The van der Waals surface area contributed by atoms with E-state index in [4.69, 9.17) is 0 Å². The summed E-state index contributed by atoms with van der Waals surface area (Å²) in [5, 5.41) is 2.88. The minimum atomic E-state index is -0.108. The maximum absolute atomic E-state index is 11.9. The molecule has 0 aliphatic heterocycles. The van der Waals surface area contributed by atoms with Crippen molar-refractivity contribution in [2.45, 2.75) is 46.7 Å². The average Bonchev–Trinajstić information content (AvgIpc) is 2.40. The maximum atomic E-state index is 11.9. The number of hydrogen-bond acceptors (Lipinski definition) is 2. The summed E-state index contributed by atoms with van der Waals surface area (Å²) in [6.45, 7) is 8.05. The van der Waals surface area contributed by atoms with Crippen molar-refractivity contribution in [1.82, 2.24) is 10.2 Å². The number of amides is 2. The predicted octanol–water partition coefficient (Wildman–Crippen LogP) is 2.26. The van der Waals surface area contributed by atoms with E-state index in [2.05, 4.69) is 5.32 Å². The van der Waals surface area contributed by atoms with Crippen LogP contribution < -0.4 is 5.32 Å². The van der Waals surface area contributed by atoms with E-state index in [0.29, 0.717) is 6.54 Å². The first-order valence-electron chi connectivity index (χ1n) is 7.03. The van der Waals surface area contributed by atoms with Gasteiger partial charge in [-0.25, -0.2) is 0 Å². The second-order valence-electron chi connectivity index (χ2n) is 5.18. The van der Waals surface area contributed by atoms with E-state index in [1.165, 1.54) is 6.92 Å². The lowest BCUT2D eigenvalue weighted by molar-refractivity contribution is -0.135. The SMILES string of the molecule is CCC(C)NC(=O)CN(Cc1ccccc1C)C(C)=O. The number of benzene rings is 1. The highest BCUT2D eigenvalue weighted by Crippen LogP contribution is 2.10. The third-order valence-electron chi connectivity index (χ3n) is 3.42. The summed E-state index contributed by atoms with van der Waals surface area (Å²) in [6, 6.07) is 8.03. The van der Waals surface area contributed by atoms with Crippen molar-refractivity contribution in [2.24, 2.45) is 0 Å². The second kappa shape index (κ2) is 7.68. The van der Waals surface area contributed by atoms with Gasteiger partial charge >= 0.3 is 0 Å². The number of nitrogens with one attached hydrogen (secondary N) is 1. The Kier molecular flexibility index (Phi) is 6.22. The molecule has 0 saturated heterocycles. The molecule has 1 aromatic rings. The van der Waals surface area contributed by atoms with E-state index < -0.39 is 0 Å². The molecule has 0 heterocycles. The van der Waals surface area contributed by atoms with Crippen LogP contribution in [-0.2, 0) is 16.1 Å². The highest BCUT2D eigenvalue weighted by atomic mass is 16.2. The molecule has 0 spiro atoms. The molecule has 1 atom stereocenters. The molecule has 20 heavy (non-hydrogen) atoms. The second-order valence-corrected chi connectivity index (χ2v) is 5.18. The van der Waals surface area contributed by atoms with Crippen LogP contribution in [0.5, 0.6) is 0 Å². The number of rotatable bonds is 6. The van der Waals surface area contributed by atoms with Crippen LogP contribution in [0.2, 0.25) is 0 Å². The first-order chi connectivity index (χ1) is 9.43. The Morgan fingerprint density at radius 2 is 1.95 bits per heavy atom. The molecule has 2 amide bonds. The smallest absolute Gasteiger partial charge is 0.239 e. The van der Waals surface area contributed by atoms with Gasteiger partial charge in [0.15, 0.2) is 0 Å². The van der Waals surface area contributed by atoms with Crippen LogP contribution in [0.3, 0.4) is 0 Å². The molecule has 0 aromatic heterocycles. The number of carbonyl (C=O) groups is 2. The summed E-state index contributed by atoms with van der Waals surface area (Å²) in [6.07, 6.45) is 0.879. The molecule has 0 aliphatic carbocycles. The van der Waals surface area contributed by atoms with Gasteiger partial charge in [0.1, 0.15) is 0 Å². The van der Waals surface area contributed by atoms with Crippen molar-refractivity contribution in [2.75, 3.05) is 6.54 Å². The molecule has 1 unspecified atom stereocenters. The fourth-order valence-corrected chi connectivity index (χ4v) is 1.87. The van der Waals surface area contributed by atoms with E-state index in [0.717, 1.165) is 17.5 Å². The molecule has 110 valence electrons. The lowest BCUT2D eigenvalue weighted by atomic mass is 10.1. The molecule has 0 radical (unpaired) electrons. The molecular weight excluding hydrogens is 252 g/mol. The maximum Gasteiger partial charge on any atom is 0.239 e. The summed E-state index contributed by atoms with van der Waals surface area (Å²) >= 11 is 0. The van der Waals surface area contributed by atoms with Gasteiger partial charge in [0.05, 0.1) is 6.54 Å². The zero-order valence-electron chi connectivity index (χ0n) is 12.8. The lowest BCUT2D eigenvalue weighted by Gasteiger charge is -2.22. The van der Waals surface area contributed by atoms with Gasteiger partial charge in [-0.05, 0) is 31.4 Å². The van der Waals surface area contributed by atoms with Crippen molar-refractivity contribution in [3.63, 3.8) is 0 Å². The monoisotopic (exact) mass is 276 g/mol. The van der Waals surface area contributed by atoms with Crippen LogP contribution >= 0.6 is 0 Å². The van der Waals surface area contributed by atoms with Crippen molar-refractivity contribution < 1.29 is 9.59 Å². The van der Waals surface area contributed by atoms with Gasteiger partial charge in [-0.1, -0.05) is 31.2 Å². The molecule has 0 aliphatic rings. The molecule has 1 N–H and O–H groups in total. The van der Waals surface area contributed by atoms with Crippen LogP contribution in [-0.4, -0.2) is 29.3 Å². The summed E-state index contributed by atoms with van der Waals surface area (Å²) < 4.78 is 0. The first-order valence-corrected chi connectivity index (χ1v) is 7.03. The van der Waals surface area contributed by atoms with Gasteiger partial charge in [0, 0.05) is 19.5 Å². The van der Waals surface area contributed by atoms with E-state index in [-0.39, 0.29) is 24.4 Å². The highest BCUT2D eigenvalue weighted by Gasteiger charge is 2.15. The van der Waals surface area contributed by atoms with Crippen molar-refractivity contribution in [3.05, 3.63) is 35.4 Å². The van der Waals surface area contributed by atoms with E-state index in [9.17, 15) is 9.59 Å². The van der Waals surface area contributed by atoms with Gasteiger partial charge in [-0.3, -0.25) is 9.59 Å². The third-order valence-corrected chi connectivity index (χ3v) is 3.42. The first kappa shape index (κ1) is 16.2. The Bertz CT molecular complexity index is 471. The van der Waals surface area contributed by atoms with Crippen molar-refractivity contribution >= 4 is 11.8 Å². The number of hydrogen-bond donors (Lipinski definition) is 1. The molecule has 0 fully saturated rings. The fraction of sp³-hybridized carbons (Fsp3) is 0.500.